The van der Waals surface area contributed by atoms with Crippen LogP contribution in [0, 0.1) is 0 Å². The molecule has 1 aliphatic rings. The summed E-state index contributed by atoms with van der Waals surface area (Å²) in [5, 5.41) is 5.98. The van der Waals surface area contributed by atoms with Crippen molar-refractivity contribution in [2.75, 3.05) is 20.1 Å². The Kier molecular flexibility index (Phi) is 6.81. The largest absolute Gasteiger partial charge is 0.491 e. The summed E-state index contributed by atoms with van der Waals surface area (Å²) in [5.41, 5.74) is 1.52. The summed E-state index contributed by atoms with van der Waals surface area (Å²) in [7, 11) is 1.86. The fourth-order valence-corrected chi connectivity index (χ4v) is 3.57. The third-order valence-electron chi connectivity index (χ3n) is 4.10. The first-order valence-electron chi connectivity index (χ1n) is 8.25. The number of benzene rings is 1. The van der Waals surface area contributed by atoms with Gasteiger partial charge in [0.15, 0.2) is 0 Å². The van der Waals surface area contributed by atoms with Gasteiger partial charge in [-0.25, -0.2) is 4.98 Å². The molecule has 0 saturated carbocycles. The number of aromatic nitrogens is 1. The highest BCUT2D eigenvalue weighted by Gasteiger charge is 2.25. The van der Waals surface area contributed by atoms with Gasteiger partial charge in [-0.3, -0.25) is 4.79 Å². The van der Waals surface area contributed by atoms with E-state index in [0.717, 1.165) is 35.8 Å². The summed E-state index contributed by atoms with van der Waals surface area (Å²) < 4.78 is 5.65. The highest BCUT2D eigenvalue weighted by Crippen LogP contribution is 2.26. The van der Waals surface area contributed by atoms with Crippen LogP contribution in [0.3, 0.4) is 0 Å². The molecule has 0 radical (unpaired) electrons. The van der Waals surface area contributed by atoms with Crippen molar-refractivity contribution in [3.8, 4) is 16.3 Å². The first kappa shape index (κ1) is 19.7. The summed E-state index contributed by atoms with van der Waals surface area (Å²) in [4.78, 5) is 18.9. The molecule has 3 rings (SSSR count). The Morgan fingerprint density at radius 1 is 1.36 bits per heavy atom. The van der Waals surface area contributed by atoms with Gasteiger partial charge in [-0.15, -0.1) is 23.7 Å². The molecule has 0 bridgehead atoms. The summed E-state index contributed by atoms with van der Waals surface area (Å²) in [6.45, 7) is 5.83. The molecule has 1 saturated heterocycles. The Bertz CT molecular complexity index is 697. The molecule has 25 heavy (non-hydrogen) atoms. The Morgan fingerprint density at radius 2 is 2.08 bits per heavy atom. The van der Waals surface area contributed by atoms with Crippen LogP contribution in [0.1, 0.15) is 30.8 Å². The lowest BCUT2D eigenvalue weighted by Gasteiger charge is -2.22. The normalized spacial score (nSPS) is 16.6. The zero-order valence-electron chi connectivity index (χ0n) is 14.7. The van der Waals surface area contributed by atoms with Gasteiger partial charge in [0.25, 0.3) is 5.91 Å². The van der Waals surface area contributed by atoms with E-state index in [2.05, 4.69) is 10.3 Å². The number of rotatable bonds is 5. The van der Waals surface area contributed by atoms with Crippen molar-refractivity contribution in [2.45, 2.75) is 32.4 Å². The quantitative estimate of drug-likeness (QED) is 0.861. The maximum absolute atomic E-state index is 12.6. The minimum atomic E-state index is -0.00837. The van der Waals surface area contributed by atoms with Crippen molar-refractivity contribution >= 4 is 29.7 Å². The Labute approximate surface area is 158 Å². The van der Waals surface area contributed by atoms with Crippen molar-refractivity contribution in [3.05, 3.63) is 35.3 Å². The van der Waals surface area contributed by atoms with Crippen LogP contribution in [-0.4, -0.2) is 48.1 Å². The summed E-state index contributed by atoms with van der Waals surface area (Å²) >= 11 is 1.50. The number of thiazole rings is 1. The first-order chi connectivity index (χ1) is 11.5. The van der Waals surface area contributed by atoms with Crippen molar-refractivity contribution in [1.82, 2.24) is 15.2 Å². The van der Waals surface area contributed by atoms with Crippen LogP contribution in [-0.2, 0) is 0 Å². The number of ether oxygens (including phenoxy) is 1. The molecule has 1 N–H and O–H groups in total. The highest BCUT2D eigenvalue weighted by atomic mass is 35.5. The molecule has 2 aromatic rings. The number of nitrogens with one attached hydrogen (secondary N) is 1. The fraction of sp³-hybridized carbons (Fsp3) is 0.444. The molecule has 1 amide bonds. The van der Waals surface area contributed by atoms with Crippen LogP contribution in [0.4, 0.5) is 0 Å². The predicted molar refractivity (Wildman–Crippen MR) is 104 cm³/mol. The van der Waals surface area contributed by atoms with E-state index in [-0.39, 0.29) is 30.5 Å². The van der Waals surface area contributed by atoms with Gasteiger partial charge in [0.05, 0.1) is 6.10 Å². The van der Waals surface area contributed by atoms with E-state index >= 15 is 0 Å². The molecule has 7 heteroatoms. The molecule has 1 aliphatic heterocycles. The smallest absolute Gasteiger partial charge is 0.273 e. The van der Waals surface area contributed by atoms with E-state index in [1.165, 1.54) is 11.3 Å². The highest BCUT2D eigenvalue weighted by molar-refractivity contribution is 7.13. The second-order valence-electron chi connectivity index (χ2n) is 6.29. The van der Waals surface area contributed by atoms with Crippen molar-refractivity contribution in [1.29, 1.82) is 0 Å². The number of carbonyl (C=O) groups is 1. The lowest BCUT2D eigenvalue weighted by Crippen LogP contribution is -2.38. The lowest BCUT2D eigenvalue weighted by molar-refractivity contribution is 0.0739. The van der Waals surface area contributed by atoms with Crippen LogP contribution in [0.25, 0.3) is 10.6 Å². The summed E-state index contributed by atoms with van der Waals surface area (Å²) in [6.07, 6.45) is 1.15. The van der Waals surface area contributed by atoms with E-state index in [1.54, 1.807) is 4.90 Å². The van der Waals surface area contributed by atoms with Gasteiger partial charge in [0.2, 0.25) is 0 Å². The minimum absolute atomic E-state index is 0. The average Bonchev–Trinajstić information content (AvgIpc) is 3.25. The second kappa shape index (κ2) is 8.65. The molecule has 1 aromatic heterocycles. The maximum atomic E-state index is 12.6. The zero-order valence-corrected chi connectivity index (χ0v) is 16.3. The third-order valence-corrected chi connectivity index (χ3v) is 4.99. The average molecular weight is 382 g/mol. The van der Waals surface area contributed by atoms with Crippen molar-refractivity contribution in [3.63, 3.8) is 0 Å². The molecule has 136 valence electrons. The molecular formula is C18H24ClN3O2S. The number of likely N-dealkylation sites (N-methyl/N-ethyl adjacent to an activating group) is 1. The van der Waals surface area contributed by atoms with E-state index in [1.807, 2.05) is 50.5 Å². The molecule has 0 aliphatic carbocycles. The van der Waals surface area contributed by atoms with Gasteiger partial charge in [-0.05, 0) is 51.1 Å². The third kappa shape index (κ3) is 4.71. The van der Waals surface area contributed by atoms with Crippen LogP contribution < -0.4 is 10.1 Å². The Balaban J connectivity index is 0.00000225. The van der Waals surface area contributed by atoms with Gasteiger partial charge >= 0.3 is 0 Å². The van der Waals surface area contributed by atoms with E-state index in [0.29, 0.717) is 5.69 Å². The van der Waals surface area contributed by atoms with Crippen LogP contribution in [0.15, 0.2) is 29.6 Å². The topological polar surface area (TPSA) is 54.5 Å². The Hall–Kier alpha value is -1.63. The molecular weight excluding hydrogens is 358 g/mol. The number of halogens is 1. The van der Waals surface area contributed by atoms with Crippen LogP contribution >= 0.6 is 23.7 Å². The Morgan fingerprint density at radius 3 is 2.68 bits per heavy atom. The maximum Gasteiger partial charge on any atom is 0.273 e. The molecule has 2 heterocycles. The second-order valence-corrected chi connectivity index (χ2v) is 7.15. The predicted octanol–water partition coefficient (Wildman–Crippen LogP) is 3.45. The van der Waals surface area contributed by atoms with Crippen LogP contribution in [0.2, 0.25) is 0 Å². The molecule has 0 spiro atoms. The minimum Gasteiger partial charge on any atom is -0.491 e. The van der Waals surface area contributed by atoms with Crippen molar-refractivity contribution < 1.29 is 9.53 Å². The van der Waals surface area contributed by atoms with Gasteiger partial charge in [-0.1, -0.05) is 0 Å². The molecule has 1 unspecified atom stereocenters. The standard InChI is InChI=1S/C18H23N3O2S.ClH/c1-12(2)23-15-6-4-13(5-7-15)17-20-16(11-24-17)18(22)21(3)14-8-9-19-10-14;/h4-7,11-12,14,19H,8-10H2,1-3H3;1H. The van der Waals surface area contributed by atoms with E-state index in [4.69, 9.17) is 4.74 Å². The number of amides is 1. The summed E-state index contributed by atoms with van der Waals surface area (Å²) in [5.74, 6) is 0.834. The van der Waals surface area contributed by atoms with Crippen molar-refractivity contribution in [2.24, 2.45) is 0 Å². The summed E-state index contributed by atoms with van der Waals surface area (Å²) in [6, 6.07) is 8.10. The van der Waals surface area contributed by atoms with Crippen LogP contribution in [0.5, 0.6) is 5.75 Å². The zero-order chi connectivity index (χ0) is 17.1. The molecule has 1 atom stereocenters. The number of hydrogen-bond acceptors (Lipinski definition) is 5. The number of carbonyl (C=O) groups excluding carboxylic acids is 1. The molecule has 1 fully saturated rings. The van der Waals surface area contributed by atoms with E-state index in [9.17, 15) is 4.79 Å². The number of nitrogens with zero attached hydrogens (tertiary/aromatic N) is 2. The molecule has 1 aromatic carbocycles. The van der Waals surface area contributed by atoms with Gasteiger partial charge in [0, 0.05) is 30.6 Å². The van der Waals surface area contributed by atoms with E-state index < -0.39 is 0 Å². The first-order valence-corrected chi connectivity index (χ1v) is 9.13. The van der Waals surface area contributed by atoms with Gasteiger partial charge in [-0.2, -0.15) is 0 Å². The SMILES string of the molecule is CC(C)Oc1ccc(-c2nc(C(=O)N(C)C3CCNC3)cs2)cc1.Cl. The molecule has 5 nitrogen and oxygen atoms in total. The fourth-order valence-electron chi connectivity index (χ4n) is 2.77. The monoisotopic (exact) mass is 381 g/mol. The number of hydrogen-bond donors (Lipinski definition) is 1. The van der Waals surface area contributed by atoms with Gasteiger partial charge < -0.3 is 15.0 Å². The lowest BCUT2D eigenvalue weighted by atomic mass is 10.2. The van der Waals surface area contributed by atoms with Gasteiger partial charge in [0.1, 0.15) is 16.5 Å².